The summed E-state index contributed by atoms with van der Waals surface area (Å²) in [5, 5.41) is 31.0. The quantitative estimate of drug-likeness (QED) is 0.0257. The van der Waals surface area contributed by atoms with E-state index < -0.39 is 71.2 Å². The molecule has 13 heteroatoms. The Hall–Kier alpha value is -1.35. The third kappa shape index (κ3) is 35.8. The summed E-state index contributed by atoms with van der Waals surface area (Å²) in [4.78, 5) is 25.5. The predicted octanol–water partition coefficient (Wildman–Crippen LogP) is 12.0. The molecule has 1 heterocycles. The molecule has 0 aliphatic carbocycles. The monoisotopic (exact) mass is 935 g/mol. The van der Waals surface area contributed by atoms with E-state index in [0.29, 0.717) is 12.8 Å². The minimum Gasteiger partial charge on any atom is -0.462 e. The minimum absolute atomic E-state index is 0.173. The zero-order chi connectivity index (χ0) is 46.9. The van der Waals surface area contributed by atoms with Crippen molar-refractivity contribution in [3.63, 3.8) is 0 Å². The summed E-state index contributed by atoms with van der Waals surface area (Å²) in [7, 11) is -4.60. The molecule has 1 rings (SSSR count). The van der Waals surface area contributed by atoms with Crippen LogP contribution in [0.3, 0.4) is 0 Å². The molecular weight excluding hydrogens is 837 g/mol. The standard InChI is InChI=1S/C51H98O12S/c1-3-5-7-9-11-13-15-17-19-21-22-24-26-28-30-32-34-36-38-40-47(53)62-44(42-61-51-50(56)49(55)48(54)45(63-51)43-64(57,58)59)41-60-46(52)39-37-35-33-31-29-27-25-23-20-18-16-14-12-10-8-6-4-2/h44-45,48-51,54-56H,3-43H2,1-2H3,(H,57,58,59). The van der Waals surface area contributed by atoms with Crippen LogP contribution in [0.15, 0.2) is 0 Å². The number of carbonyl (C=O) groups is 2. The highest BCUT2D eigenvalue weighted by molar-refractivity contribution is 7.85. The van der Waals surface area contributed by atoms with Gasteiger partial charge in [-0.2, -0.15) is 8.42 Å². The fraction of sp³-hybridized carbons (Fsp3) is 0.961. The molecule has 0 spiro atoms. The molecular formula is C51H98O12S. The largest absolute Gasteiger partial charge is 0.462 e. The Morgan fingerprint density at radius 1 is 0.469 bits per heavy atom. The van der Waals surface area contributed by atoms with Gasteiger partial charge in [-0.05, 0) is 12.8 Å². The molecule has 0 saturated carbocycles. The van der Waals surface area contributed by atoms with E-state index in [-0.39, 0.29) is 19.4 Å². The molecule has 380 valence electrons. The molecule has 1 saturated heterocycles. The molecule has 12 nitrogen and oxygen atoms in total. The SMILES string of the molecule is CCCCCCCCCCCCCCCCCCCCCC(=O)OC(COC(=O)CCCCCCCCCCCCCCCCCCC)COC1OC(CS(=O)(=O)O)C(O)C(O)C1O. The van der Waals surface area contributed by atoms with Gasteiger partial charge in [0.15, 0.2) is 12.4 Å². The lowest BCUT2D eigenvalue weighted by atomic mass is 10.00. The average Bonchev–Trinajstić information content (AvgIpc) is 3.26. The second-order valence-electron chi connectivity index (χ2n) is 18.9. The number of hydrogen-bond donors (Lipinski definition) is 4. The van der Waals surface area contributed by atoms with Gasteiger partial charge < -0.3 is 34.3 Å². The summed E-state index contributed by atoms with van der Waals surface area (Å²) in [6.45, 7) is 3.82. The lowest BCUT2D eigenvalue weighted by molar-refractivity contribution is -0.297. The number of aliphatic hydroxyl groups is 3. The first-order valence-corrected chi connectivity index (χ1v) is 28.2. The Morgan fingerprint density at radius 3 is 1.14 bits per heavy atom. The number of carbonyl (C=O) groups excluding carboxylic acids is 2. The van der Waals surface area contributed by atoms with E-state index in [0.717, 1.165) is 38.5 Å². The van der Waals surface area contributed by atoms with E-state index in [4.69, 9.17) is 18.9 Å². The molecule has 6 unspecified atom stereocenters. The van der Waals surface area contributed by atoms with Crippen molar-refractivity contribution in [2.45, 2.75) is 295 Å². The number of esters is 2. The first kappa shape index (κ1) is 60.7. The van der Waals surface area contributed by atoms with Crippen LogP contribution in [0.5, 0.6) is 0 Å². The summed E-state index contributed by atoms with van der Waals surface area (Å²) in [5.41, 5.74) is 0. The van der Waals surface area contributed by atoms with Crippen molar-refractivity contribution in [2.75, 3.05) is 19.0 Å². The van der Waals surface area contributed by atoms with Crippen LogP contribution in [-0.4, -0.2) is 96.0 Å². The number of aliphatic hydroxyl groups excluding tert-OH is 3. The molecule has 0 radical (unpaired) electrons. The molecule has 1 fully saturated rings. The molecule has 0 aromatic rings. The van der Waals surface area contributed by atoms with Crippen LogP contribution in [0, 0.1) is 0 Å². The van der Waals surface area contributed by atoms with Crippen LogP contribution in [0.2, 0.25) is 0 Å². The van der Waals surface area contributed by atoms with E-state index in [1.807, 2.05) is 0 Å². The molecule has 0 aromatic carbocycles. The van der Waals surface area contributed by atoms with Crippen molar-refractivity contribution in [2.24, 2.45) is 0 Å². The van der Waals surface area contributed by atoms with E-state index in [1.54, 1.807) is 0 Å². The maximum atomic E-state index is 12.9. The summed E-state index contributed by atoms with van der Waals surface area (Å²) in [5.74, 6) is -1.96. The van der Waals surface area contributed by atoms with Crippen LogP contribution in [0.25, 0.3) is 0 Å². The van der Waals surface area contributed by atoms with Crippen molar-refractivity contribution >= 4 is 22.1 Å². The first-order valence-electron chi connectivity index (χ1n) is 26.6. The molecule has 1 aliphatic rings. The zero-order valence-electron chi connectivity index (χ0n) is 40.9. The van der Waals surface area contributed by atoms with E-state index in [2.05, 4.69) is 13.8 Å². The Morgan fingerprint density at radius 2 is 0.797 bits per heavy atom. The third-order valence-corrected chi connectivity index (χ3v) is 13.4. The van der Waals surface area contributed by atoms with E-state index in [1.165, 1.54) is 180 Å². The topological polar surface area (TPSA) is 186 Å². The second kappa shape index (κ2) is 41.8. The minimum atomic E-state index is -4.60. The van der Waals surface area contributed by atoms with Crippen LogP contribution in [0.4, 0.5) is 0 Å². The third-order valence-electron chi connectivity index (χ3n) is 12.7. The van der Waals surface area contributed by atoms with Crippen LogP contribution < -0.4 is 0 Å². The normalized spacial score (nSPS) is 19.5. The van der Waals surface area contributed by atoms with Crippen LogP contribution >= 0.6 is 0 Å². The molecule has 4 N–H and O–H groups in total. The predicted molar refractivity (Wildman–Crippen MR) is 257 cm³/mol. The zero-order valence-corrected chi connectivity index (χ0v) is 41.7. The lowest BCUT2D eigenvalue weighted by Gasteiger charge is -2.40. The van der Waals surface area contributed by atoms with Crippen molar-refractivity contribution in [1.82, 2.24) is 0 Å². The van der Waals surface area contributed by atoms with Crippen LogP contribution in [-0.2, 0) is 38.7 Å². The van der Waals surface area contributed by atoms with Crippen molar-refractivity contribution in [3.8, 4) is 0 Å². The van der Waals surface area contributed by atoms with Gasteiger partial charge in [0.25, 0.3) is 10.1 Å². The van der Waals surface area contributed by atoms with E-state index >= 15 is 0 Å². The summed E-state index contributed by atoms with van der Waals surface area (Å²) < 4.78 is 54.3. The first-order chi connectivity index (χ1) is 31.0. The molecule has 0 bridgehead atoms. The second-order valence-corrected chi connectivity index (χ2v) is 20.4. The Bertz CT molecular complexity index is 1190. The summed E-state index contributed by atoms with van der Waals surface area (Å²) in [6, 6.07) is 0. The van der Waals surface area contributed by atoms with Gasteiger partial charge in [0.1, 0.15) is 36.8 Å². The van der Waals surface area contributed by atoms with Crippen molar-refractivity contribution < 1.29 is 56.8 Å². The average molecular weight is 935 g/mol. The molecule has 0 amide bonds. The van der Waals surface area contributed by atoms with Gasteiger partial charge in [-0.15, -0.1) is 0 Å². The highest BCUT2D eigenvalue weighted by Gasteiger charge is 2.46. The van der Waals surface area contributed by atoms with Crippen molar-refractivity contribution in [1.29, 1.82) is 0 Å². The van der Waals surface area contributed by atoms with Gasteiger partial charge in [-0.1, -0.05) is 232 Å². The van der Waals surface area contributed by atoms with Gasteiger partial charge in [-0.3, -0.25) is 14.1 Å². The molecule has 0 aromatic heterocycles. The smallest absolute Gasteiger partial charge is 0.306 e. The maximum absolute atomic E-state index is 12.9. The summed E-state index contributed by atoms with van der Waals surface area (Å²) >= 11 is 0. The van der Waals surface area contributed by atoms with Gasteiger partial charge in [-0.25, -0.2) is 0 Å². The Labute approximate surface area is 391 Å². The number of rotatable bonds is 46. The molecule has 6 atom stereocenters. The maximum Gasteiger partial charge on any atom is 0.306 e. The van der Waals surface area contributed by atoms with Crippen molar-refractivity contribution in [3.05, 3.63) is 0 Å². The fourth-order valence-corrected chi connectivity index (χ4v) is 9.25. The summed E-state index contributed by atoms with van der Waals surface area (Å²) in [6.07, 6.45) is 35.7. The Balaban J connectivity index is 2.34. The number of hydrogen-bond acceptors (Lipinski definition) is 11. The Kier molecular flexibility index (Phi) is 39.6. The molecule has 1 aliphatic heterocycles. The number of unbranched alkanes of at least 4 members (excludes halogenated alkanes) is 34. The van der Waals surface area contributed by atoms with Crippen LogP contribution in [0.1, 0.15) is 258 Å². The van der Waals surface area contributed by atoms with Gasteiger partial charge in [0.2, 0.25) is 0 Å². The fourth-order valence-electron chi connectivity index (χ4n) is 8.56. The van der Waals surface area contributed by atoms with Gasteiger partial charge in [0, 0.05) is 12.8 Å². The van der Waals surface area contributed by atoms with Gasteiger partial charge in [0.05, 0.1) is 6.61 Å². The lowest BCUT2D eigenvalue weighted by Crippen LogP contribution is -2.60. The highest BCUT2D eigenvalue weighted by atomic mass is 32.2. The highest BCUT2D eigenvalue weighted by Crippen LogP contribution is 2.24. The number of ether oxygens (including phenoxy) is 4. The molecule has 64 heavy (non-hydrogen) atoms. The van der Waals surface area contributed by atoms with E-state index in [9.17, 15) is 37.9 Å². The van der Waals surface area contributed by atoms with Gasteiger partial charge >= 0.3 is 11.9 Å².